The predicted molar refractivity (Wildman–Crippen MR) is 143 cm³/mol. The van der Waals surface area contributed by atoms with Crippen LogP contribution in [0, 0.1) is 23.1 Å². The third-order valence-electron chi connectivity index (χ3n) is 7.53. The van der Waals surface area contributed by atoms with Gasteiger partial charge in [0, 0.05) is 37.7 Å². The highest BCUT2D eigenvalue weighted by Crippen LogP contribution is 2.28. The molecule has 2 N–H and O–H groups in total. The molecule has 0 unspecified atom stereocenters. The molecular formula is C30H35FN4O2. The zero-order chi connectivity index (χ0) is 26.2. The number of amides is 2. The molecule has 4 rings (SSSR count). The largest absolute Gasteiger partial charge is 0.350 e. The fourth-order valence-corrected chi connectivity index (χ4v) is 5.40. The summed E-state index contributed by atoms with van der Waals surface area (Å²) in [5.41, 5.74) is 3.79. The molecule has 2 aliphatic rings. The van der Waals surface area contributed by atoms with Gasteiger partial charge in [0.25, 0.3) is 0 Å². The second kappa shape index (κ2) is 12.6. The number of carbonyl (C=O) groups is 2. The van der Waals surface area contributed by atoms with Gasteiger partial charge in [-0.05, 0) is 92.8 Å². The highest BCUT2D eigenvalue weighted by Gasteiger charge is 2.23. The van der Waals surface area contributed by atoms with Crippen molar-refractivity contribution in [2.24, 2.45) is 5.92 Å². The zero-order valence-electron chi connectivity index (χ0n) is 21.4. The number of halogens is 1. The molecule has 0 atom stereocenters. The van der Waals surface area contributed by atoms with E-state index in [9.17, 15) is 14.0 Å². The molecule has 0 bridgehead atoms. The van der Waals surface area contributed by atoms with E-state index in [0.717, 1.165) is 63.7 Å². The van der Waals surface area contributed by atoms with E-state index in [1.165, 1.54) is 42.7 Å². The summed E-state index contributed by atoms with van der Waals surface area (Å²) in [5.74, 6) is -0.454. The van der Waals surface area contributed by atoms with Gasteiger partial charge in [0.15, 0.2) is 5.82 Å². The first-order chi connectivity index (χ1) is 17.9. The normalized spacial score (nSPS) is 20.0. The van der Waals surface area contributed by atoms with Crippen molar-refractivity contribution in [3.05, 3.63) is 70.5 Å². The Hall–Kier alpha value is -3.50. The summed E-state index contributed by atoms with van der Waals surface area (Å²) >= 11 is 0. The third kappa shape index (κ3) is 7.50. The Kier molecular flexibility index (Phi) is 9.08. The lowest BCUT2D eigenvalue weighted by atomic mass is 9.84. The highest BCUT2D eigenvalue weighted by atomic mass is 19.1. The van der Waals surface area contributed by atoms with Crippen molar-refractivity contribution in [2.75, 3.05) is 25.0 Å². The lowest BCUT2D eigenvalue weighted by Crippen LogP contribution is -2.37. The lowest BCUT2D eigenvalue weighted by molar-refractivity contribution is -0.117. The maximum absolute atomic E-state index is 14.5. The van der Waals surface area contributed by atoms with Crippen LogP contribution in [0.25, 0.3) is 6.08 Å². The van der Waals surface area contributed by atoms with E-state index >= 15 is 0 Å². The second-order valence-corrected chi connectivity index (χ2v) is 10.2. The van der Waals surface area contributed by atoms with E-state index in [0.29, 0.717) is 5.92 Å². The third-order valence-corrected chi connectivity index (χ3v) is 7.53. The number of anilines is 1. The fraction of sp³-hybridized carbons (Fsp3) is 0.433. The molecular weight excluding hydrogens is 467 g/mol. The number of carbonyl (C=O) groups excluding carboxylic acids is 2. The molecule has 1 heterocycles. The minimum atomic E-state index is -0.553. The van der Waals surface area contributed by atoms with Crippen molar-refractivity contribution in [1.82, 2.24) is 10.2 Å². The molecule has 0 radical (unpaired) electrons. The summed E-state index contributed by atoms with van der Waals surface area (Å²) < 4.78 is 14.5. The molecule has 1 aliphatic heterocycles. The Morgan fingerprint density at radius 1 is 1.11 bits per heavy atom. The van der Waals surface area contributed by atoms with Crippen LogP contribution < -0.4 is 10.6 Å². The van der Waals surface area contributed by atoms with Crippen LogP contribution in [0.4, 0.5) is 10.1 Å². The van der Waals surface area contributed by atoms with Gasteiger partial charge in [-0.3, -0.25) is 9.59 Å². The van der Waals surface area contributed by atoms with Crippen LogP contribution in [0.1, 0.15) is 61.3 Å². The van der Waals surface area contributed by atoms with E-state index in [4.69, 9.17) is 5.26 Å². The average molecular weight is 503 g/mol. The molecule has 0 spiro atoms. The van der Waals surface area contributed by atoms with Crippen LogP contribution in [0.5, 0.6) is 0 Å². The standard InChI is InChI=1S/C30H35FN4O2/c1-21(36)33-28-4-2-3-25(30(28)31)9-12-29(37)34-27-10-6-22(7-11-27)13-16-35-17-14-24-8-5-23(20-32)19-26(24)15-18-35/h2-5,8-9,12,19,22,27H,6-7,10-11,13-18H2,1H3,(H,33,36)(H,34,37)/b12-9+. The summed E-state index contributed by atoms with van der Waals surface area (Å²) in [6, 6.07) is 13.2. The quantitative estimate of drug-likeness (QED) is 0.531. The molecule has 6 nitrogen and oxygen atoms in total. The summed E-state index contributed by atoms with van der Waals surface area (Å²) in [6.07, 6.45) is 10.1. The number of fused-ring (bicyclic) bond motifs is 1. The fourth-order valence-electron chi connectivity index (χ4n) is 5.40. The first-order valence-corrected chi connectivity index (χ1v) is 13.2. The number of hydrogen-bond donors (Lipinski definition) is 2. The van der Waals surface area contributed by atoms with Crippen LogP contribution in [0.2, 0.25) is 0 Å². The molecule has 194 valence electrons. The van der Waals surface area contributed by atoms with E-state index in [2.05, 4.69) is 27.7 Å². The molecule has 0 saturated heterocycles. The van der Waals surface area contributed by atoms with Crippen molar-refractivity contribution >= 4 is 23.6 Å². The van der Waals surface area contributed by atoms with Crippen molar-refractivity contribution in [3.63, 3.8) is 0 Å². The molecule has 2 aromatic carbocycles. The van der Waals surface area contributed by atoms with Gasteiger partial charge in [-0.15, -0.1) is 0 Å². The van der Waals surface area contributed by atoms with Crippen molar-refractivity contribution in [1.29, 1.82) is 5.26 Å². The average Bonchev–Trinajstić information content (AvgIpc) is 3.10. The van der Waals surface area contributed by atoms with Gasteiger partial charge in [-0.2, -0.15) is 5.26 Å². The topological polar surface area (TPSA) is 85.2 Å². The summed E-state index contributed by atoms with van der Waals surface area (Å²) in [4.78, 5) is 26.2. The smallest absolute Gasteiger partial charge is 0.244 e. The van der Waals surface area contributed by atoms with E-state index in [1.54, 1.807) is 12.1 Å². The minimum absolute atomic E-state index is 0.103. The molecule has 2 aromatic rings. The maximum Gasteiger partial charge on any atom is 0.244 e. The molecule has 0 aromatic heterocycles. The van der Waals surface area contributed by atoms with Crippen LogP contribution in [0.15, 0.2) is 42.5 Å². The molecule has 7 heteroatoms. The second-order valence-electron chi connectivity index (χ2n) is 10.2. The van der Waals surface area contributed by atoms with Crippen LogP contribution >= 0.6 is 0 Å². The number of rotatable bonds is 7. The minimum Gasteiger partial charge on any atom is -0.350 e. The number of benzene rings is 2. The molecule has 1 fully saturated rings. The Labute approximate surface area is 218 Å². The first-order valence-electron chi connectivity index (χ1n) is 13.2. The first kappa shape index (κ1) is 26.6. The van der Waals surface area contributed by atoms with Crippen molar-refractivity contribution < 1.29 is 14.0 Å². The number of nitrogens with zero attached hydrogens (tertiary/aromatic N) is 2. The van der Waals surface area contributed by atoms with Gasteiger partial charge in [0.1, 0.15) is 0 Å². The summed E-state index contributed by atoms with van der Waals surface area (Å²) in [6.45, 7) is 4.51. The van der Waals surface area contributed by atoms with Crippen LogP contribution in [-0.4, -0.2) is 42.4 Å². The Bertz CT molecular complexity index is 1190. The molecule has 1 saturated carbocycles. The highest BCUT2D eigenvalue weighted by molar-refractivity contribution is 5.93. The maximum atomic E-state index is 14.5. The van der Waals surface area contributed by atoms with Crippen molar-refractivity contribution in [3.8, 4) is 6.07 Å². The Morgan fingerprint density at radius 3 is 2.59 bits per heavy atom. The van der Waals surface area contributed by atoms with Gasteiger partial charge >= 0.3 is 0 Å². The van der Waals surface area contributed by atoms with Gasteiger partial charge < -0.3 is 15.5 Å². The number of nitriles is 1. The van der Waals surface area contributed by atoms with Crippen LogP contribution in [0.3, 0.4) is 0 Å². The predicted octanol–water partition coefficient (Wildman–Crippen LogP) is 4.83. The Morgan fingerprint density at radius 2 is 1.86 bits per heavy atom. The van der Waals surface area contributed by atoms with E-state index in [-0.39, 0.29) is 29.1 Å². The lowest BCUT2D eigenvalue weighted by Gasteiger charge is -2.30. The number of nitrogens with one attached hydrogen (secondary N) is 2. The summed E-state index contributed by atoms with van der Waals surface area (Å²) in [7, 11) is 0. The number of hydrogen-bond acceptors (Lipinski definition) is 4. The van der Waals surface area contributed by atoms with Crippen molar-refractivity contribution in [2.45, 2.75) is 57.9 Å². The van der Waals surface area contributed by atoms with Gasteiger partial charge in [-0.25, -0.2) is 4.39 Å². The zero-order valence-corrected chi connectivity index (χ0v) is 21.4. The molecule has 37 heavy (non-hydrogen) atoms. The Balaban J connectivity index is 1.18. The van der Waals surface area contributed by atoms with Gasteiger partial charge in [-0.1, -0.05) is 18.2 Å². The molecule has 1 aliphatic carbocycles. The van der Waals surface area contributed by atoms with E-state index in [1.807, 2.05) is 12.1 Å². The molecule has 2 amide bonds. The SMILES string of the molecule is CC(=O)Nc1cccc(/C=C/C(=O)NC2CCC(CCN3CCc4ccc(C#N)cc4CC3)CC2)c1F. The van der Waals surface area contributed by atoms with E-state index < -0.39 is 5.82 Å². The van der Waals surface area contributed by atoms with Gasteiger partial charge in [0.2, 0.25) is 11.8 Å². The van der Waals surface area contributed by atoms with Crippen LogP contribution in [-0.2, 0) is 22.4 Å². The monoisotopic (exact) mass is 502 g/mol. The summed E-state index contributed by atoms with van der Waals surface area (Å²) in [5, 5.41) is 14.7. The van der Waals surface area contributed by atoms with Gasteiger partial charge in [0.05, 0.1) is 17.3 Å².